The number of benzene rings is 2. The highest BCUT2D eigenvalue weighted by atomic mass is 19.1. The maximum atomic E-state index is 14.5. The van der Waals surface area contributed by atoms with Crippen LogP contribution in [0.4, 0.5) is 10.1 Å². The van der Waals surface area contributed by atoms with Gasteiger partial charge in [0.2, 0.25) is 17.6 Å². The molecule has 3 aromatic rings. The van der Waals surface area contributed by atoms with Crippen LogP contribution >= 0.6 is 0 Å². The van der Waals surface area contributed by atoms with Gasteiger partial charge in [-0.15, -0.1) is 0 Å². The van der Waals surface area contributed by atoms with Gasteiger partial charge in [-0.3, -0.25) is 4.79 Å². The summed E-state index contributed by atoms with van der Waals surface area (Å²) in [5, 5.41) is 4.10. The number of nitrogens with zero attached hydrogens (tertiary/aromatic N) is 4. The van der Waals surface area contributed by atoms with E-state index in [1.54, 1.807) is 38.2 Å². The Hall–Kier alpha value is -3.42. The molecule has 8 heteroatoms. The number of rotatable bonds is 6. The number of methoxy groups -OCH3 is 1. The number of hydrogen-bond acceptors (Lipinski definition) is 6. The summed E-state index contributed by atoms with van der Waals surface area (Å²) < 4.78 is 25.5. The van der Waals surface area contributed by atoms with Gasteiger partial charge in [0.05, 0.1) is 24.8 Å². The fraction of sp³-hybridized carbons (Fsp3) is 0.375. The summed E-state index contributed by atoms with van der Waals surface area (Å²) in [5.41, 5.74) is 2.00. The molecule has 1 saturated heterocycles. The quantitative estimate of drug-likeness (QED) is 0.578. The molecule has 2 unspecified atom stereocenters. The predicted molar refractivity (Wildman–Crippen MR) is 117 cm³/mol. The topological polar surface area (TPSA) is 71.7 Å². The average Bonchev–Trinajstić information content (AvgIpc) is 3.38. The molecule has 0 N–H and O–H groups in total. The Morgan fingerprint density at radius 2 is 2.00 bits per heavy atom. The molecule has 2 aromatic carbocycles. The van der Waals surface area contributed by atoms with Gasteiger partial charge in [-0.1, -0.05) is 17.3 Å². The van der Waals surface area contributed by atoms with E-state index in [0.717, 1.165) is 24.2 Å². The van der Waals surface area contributed by atoms with Gasteiger partial charge in [0.1, 0.15) is 11.6 Å². The van der Waals surface area contributed by atoms with Gasteiger partial charge in [0.25, 0.3) is 0 Å². The number of amides is 1. The van der Waals surface area contributed by atoms with Crippen molar-refractivity contribution in [1.82, 2.24) is 15.0 Å². The third-order valence-corrected chi connectivity index (χ3v) is 6.19. The zero-order valence-electron chi connectivity index (χ0n) is 18.3. The number of carbonyl (C=O) groups excluding carboxylic acids is 1. The summed E-state index contributed by atoms with van der Waals surface area (Å²) in [6.45, 7) is 0. The number of hydrogen-bond donors (Lipinski definition) is 0. The average molecular weight is 436 g/mol. The molecule has 1 aromatic heterocycles. The first-order chi connectivity index (χ1) is 15.5. The van der Waals surface area contributed by atoms with Gasteiger partial charge in [-0.05, 0) is 48.7 Å². The van der Waals surface area contributed by atoms with Crippen LogP contribution in [0.2, 0.25) is 0 Å². The number of ether oxygens (including phenoxy) is 1. The third kappa shape index (κ3) is 3.59. The van der Waals surface area contributed by atoms with Crippen molar-refractivity contribution in [1.29, 1.82) is 0 Å². The van der Waals surface area contributed by atoms with E-state index < -0.39 is 0 Å². The lowest BCUT2D eigenvalue weighted by molar-refractivity contribution is -0.129. The van der Waals surface area contributed by atoms with Gasteiger partial charge in [0.15, 0.2) is 0 Å². The molecule has 2 fully saturated rings. The second-order valence-corrected chi connectivity index (χ2v) is 8.58. The number of halogens is 1. The Morgan fingerprint density at radius 3 is 2.69 bits per heavy atom. The van der Waals surface area contributed by atoms with Crippen LogP contribution in [0.5, 0.6) is 5.75 Å². The highest BCUT2D eigenvalue weighted by Gasteiger charge is 2.49. The number of anilines is 1. The molecule has 0 bridgehead atoms. The Labute approximate surface area is 185 Å². The minimum absolute atomic E-state index is 0.0893. The monoisotopic (exact) mass is 436 g/mol. The van der Waals surface area contributed by atoms with Crippen molar-refractivity contribution in [3.05, 3.63) is 59.7 Å². The van der Waals surface area contributed by atoms with Crippen molar-refractivity contribution >= 4 is 11.6 Å². The second-order valence-electron chi connectivity index (χ2n) is 8.58. The molecule has 1 saturated carbocycles. The Bertz CT molecular complexity index is 1160. The van der Waals surface area contributed by atoms with Gasteiger partial charge in [0, 0.05) is 32.1 Å². The van der Waals surface area contributed by atoms with Crippen molar-refractivity contribution in [2.75, 3.05) is 26.1 Å². The molecule has 2 atom stereocenters. The van der Waals surface area contributed by atoms with E-state index >= 15 is 0 Å². The largest absolute Gasteiger partial charge is 0.497 e. The lowest BCUT2D eigenvalue weighted by atomic mass is 9.93. The fourth-order valence-corrected chi connectivity index (χ4v) is 4.49. The van der Waals surface area contributed by atoms with E-state index in [1.165, 1.54) is 6.07 Å². The lowest BCUT2D eigenvalue weighted by Crippen LogP contribution is -2.30. The second kappa shape index (κ2) is 7.93. The maximum Gasteiger partial charge on any atom is 0.233 e. The van der Waals surface area contributed by atoms with Gasteiger partial charge in [-0.2, -0.15) is 4.98 Å². The van der Waals surface area contributed by atoms with Crippen molar-refractivity contribution in [3.63, 3.8) is 0 Å². The van der Waals surface area contributed by atoms with E-state index in [4.69, 9.17) is 9.26 Å². The molecule has 7 nitrogen and oxygen atoms in total. The Morgan fingerprint density at radius 1 is 1.19 bits per heavy atom. The van der Waals surface area contributed by atoms with Crippen LogP contribution in [0.15, 0.2) is 47.0 Å². The third-order valence-electron chi connectivity index (χ3n) is 6.19. The highest BCUT2D eigenvalue weighted by molar-refractivity contribution is 5.81. The Balaban J connectivity index is 1.50. The molecular formula is C24H25FN4O3. The maximum absolute atomic E-state index is 14.5. The van der Waals surface area contributed by atoms with E-state index in [1.807, 2.05) is 29.2 Å². The van der Waals surface area contributed by atoms with Crippen molar-refractivity contribution < 1.29 is 18.4 Å². The van der Waals surface area contributed by atoms with Crippen LogP contribution in [0.1, 0.15) is 42.7 Å². The standard InChI is InChI=1S/C24H25FN4O3/c1-28(2)20-10-7-15(12-19(20)25)23-26-24(32-27-23)18-13-21(30)29(16-8-9-16)22(18)14-5-4-6-17(11-14)31-3/h4-7,10-12,16,18,22H,8-9,13H2,1-3H3. The summed E-state index contributed by atoms with van der Waals surface area (Å²) in [5.74, 6) is 0.893. The van der Waals surface area contributed by atoms with Crippen LogP contribution in [0, 0.1) is 5.82 Å². The molecule has 1 aliphatic heterocycles. The fourth-order valence-electron chi connectivity index (χ4n) is 4.49. The SMILES string of the molecule is COc1cccc(C2C(c3nc(-c4ccc(N(C)C)c(F)c4)no3)CC(=O)N2C2CC2)c1. The summed E-state index contributed by atoms with van der Waals surface area (Å²) in [7, 11) is 5.19. The number of aromatic nitrogens is 2. The van der Waals surface area contributed by atoms with E-state index in [2.05, 4.69) is 10.1 Å². The van der Waals surface area contributed by atoms with Crippen molar-refractivity contribution in [2.24, 2.45) is 0 Å². The summed E-state index contributed by atoms with van der Waals surface area (Å²) in [6, 6.07) is 12.7. The van der Waals surface area contributed by atoms with Crippen LogP contribution in [0.3, 0.4) is 0 Å². The molecule has 2 aliphatic rings. The summed E-state index contributed by atoms with van der Waals surface area (Å²) >= 11 is 0. The number of carbonyl (C=O) groups is 1. The van der Waals surface area contributed by atoms with E-state index in [0.29, 0.717) is 29.4 Å². The molecule has 0 spiro atoms. The summed E-state index contributed by atoms with van der Waals surface area (Å²) in [4.78, 5) is 21.2. The molecule has 166 valence electrons. The van der Waals surface area contributed by atoms with Crippen molar-refractivity contribution in [3.8, 4) is 17.1 Å². The lowest BCUT2D eigenvalue weighted by Gasteiger charge is -2.27. The van der Waals surface area contributed by atoms with Crippen LogP contribution in [-0.4, -0.2) is 48.2 Å². The van der Waals surface area contributed by atoms with Gasteiger partial charge < -0.3 is 19.1 Å². The van der Waals surface area contributed by atoms with Crippen molar-refractivity contribution in [2.45, 2.75) is 37.3 Å². The van der Waals surface area contributed by atoms with Gasteiger partial charge >= 0.3 is 0 Å². The first-order valence-corrected chi connectivity index (χ1v) is 10.7. The van der Waals surface area contributed by atoms with E-state index in [9.17, 15) is 9.18 Å². The first-order valence-electron chi connectivity index (χ1n) is 10.7. The molecule has 5 rings (SSSR count). The number of likely N-dealkylation sites (tertiary alicyclic amines) is 1. The molecule has 0 radical (unpaired) electrons. The molecule has 1 aliphatic carbocycles. The Kier molecular flexibility index (Phi) is 5.07. The van der Waals surface area contributed by atoms with Crippen LogP contribution in [-0.2, 0) is 4.79 Å². The van der Waals surface area contributed by atoms with Gasteiger partial charge in [-0.25, -0.2) is 4.39 Å². The smallest absolute Gasteiger partial charge is 0.233 e. The molecular weight excluding hydrogens is 411 g/mol. The minimum atomic E-state index is -0.357. The minimum Gasteiger partial charge on any atom is -0.497 e. The molecule has 2 heterocycles. The first kappa shape index (κ1) is 20.5. The zero-order valence-corrected chi connectivity index (χ0v) is 18.3. The van der Waals surface area contributed by atoms with Crippen LogP contribution < -0.4 is 9.64 Å². The van der Waals surface area contributed by atoms with Crippen LogP contribution in [0.25, 0.3) is 11.4 Å². The molecule has 1 amide bonds. The zero-order chi connectivity index (χ0) is 22.4. The summed E-state index contributed by atoms with van der Waals surface area (Å²) in [6.07, 6.45) is 2.31. The highest BCUT2D eigenvalue weighted by Crippen LogP contribution is 2.49. The molecule has 32 heavy (non-hydrogen) atoms. The van der Waals surface area contributed by atoms with E-state index in [-0.39, 0.29) is 29.7 Å². The normalized spacial score (nSPS) is 20.6. The predicted octanol–water partition coefficient (Wildman–Crippen LogP) is 4.17.